The number of aromatic nitrogens is 1. The van der Waals surface area contributed by atoms with Gasteiger partial charge < -0.3 is 4.57 Å². The van der Waals surface area contributed by atoms with Crippen molar-refractivity contribution in [3.63, 3.8) is 0 Å². The highest BCUT2D eigenvalue weighted by atomic mass is 32.1. The van der Waals surface area contributed by atoms with Crippen LogP contribution in [0.25, 0.3) is 63.6 Å². The van der Waals surface area contributed by atoms with Gasteiger partial charge in [0.2, 0.25) is 0 Å². The van der Waals surface area contributed by atoms with Gasteiger partial charge in [0.05, 0.1) is 23.7 Å². The van der Waals surface area contributed by atoms with Crippen molar-refractivity contribution in [2.75, 3.05) is 0 Å². The van der Waals surface area contributed by atoms with Crippen LogP contribution in [0.1, 0.15) is 5.56 Å². The van der Waals surface area contributed by atoms with Gasteiger partial charge in [-0.2, -0.15) is 5.26 Å². The smallest absolute Gasteiger partial charge is 0.196 e. The number of para-hydroxylation sites is 1. The molecule has 5 aromatic carbocycles. The molecule has 2 aromatic heterocycles. The fraction of sp³-hybridized carbons (Fsp3) is 0. The van der Waals surface area contributed by atoms with Crippen LogP contribution in [0.2, 0.25) is 0 Å². The summed E-state index contributed by atoms with van der Waals surface area (Å²) in [5.41, 5.74) is 5.93. The molecular formula is C32H17N3S. The van der Waals surface area contributed by atoms with Crippen molar-refractivity contribution in [2.45, 2.75) is 0 Å². The molecule has 0 bridgehead atoms. The SMILES string of the molecule is [C-]#[N+]c1cccc(C#N)c1-c1ccc2c(c1)c1ccccc1n2-c1ccc2c(c1)sc1ccccc12. The Morgan fingerprint density at radius 2 is 1.47 bits per heavy atom. The maximum atomic E-state index is 9.72. The van der Waals surface area contributed by atoms with Gasteiger partial charge in [-0.1, -0.05) is 60.7 Å². The molecule has 4 heteroatoms. The van der Waals surface area contributed by atoms with Crippen LogP contribution < -0.4 is 0 Å². The molecule has 0 aliphatic heterocycles. The first-order valence-electron chi connectivity index (χ1n) is 11.6. The zero-order valence-corrected chi connectivity index (χ0v) is 19.9. The summed E-state index contributed by atoms with van der Waals surface area (Å²) in [7, 11) is 0. The van der Waals surface area contributed by atoms with E-state index in [1.54, 1.807) is 18.2 Å². The van der Waals surface area contributed by atoms with Gasteiger partial charge in [-0.25, -0.2) is 4.85 Å². The van der Waals surface area contributed by atoms with Gasteiger partial charge in [-0.05, 0) is 48.0 Å². The summed E-state index contributed by atoms with van der Waals surface area (Å²) < 4.78 is 4.87. The summed E-state index contributed by atoms with van der Waals surface area (Å²) in [5.74, 6) is 0. The van der Waals surface area contributed by atoms with Crippen molar-refractivity contribution in [3.05, 3.63) is 120 Å². The monoisotopic (exact) mass is 475 g/mol. The summed E-state index contributed by atoms with van der Waals surface area (Å²) in [6.45, 7) is 7.63. The number of nitrogens with zero attached hydrogens (tertiary/aromatic N) is 3. The van der Waals surface area contributed by atoms with Gasteiger partial charge in [0, 0.05) is 47.8 Å². The summed E-state index contributed by atoms with van der Waals surface area (Å²) in [4.78, 5) is 3.69. The Kier molecular flexibility index (Phi) is 4.45. The molecule has 0 atom stereocenters. The largest absolute Gasteiger partial charge is 0.309 e. The van der Waals surface area contributed by atoms with E-state index < -0.39 is 0 Å². The Bertz CT molecular complexity index is 2050. The molecule has 0 spiro atoms. The Labute approximate surface area is 211 Å². The highest BCUT2D eigenvalue weighted by Gasteiger charge is 2.17. The van der Waals surface area contributed by atoms with Crippen molar-refractivity contribution in [1.29, 1.82) is 5.26 Å². The fourth-order valence-electron chi connectivity index (χ4n) is 5.29. The van der Waals surface area contributed by atoms with Crippen LogP contribution in [0, 0.1) is 17.9 Å². The van der Waals surface area contributed by atoms with E-state index in [0.29, 0.717) is 16.8 Å². The second-order valence-corrected chi connectivity index (χ2v) is 9.87. The first-order valence-corrected chi connectivity index (χ1v) is 12.4. The van der Waals surface area contributed by atoms with Crippen LogP contribution in [0.4, 0.5) is 5.69 Å². The van der Waals surface area contributed by atoms with Crippen LogP contribution in [0.3, 0.4) is 0 Å². The van der Waals surface area contributed by atoms with Crippen molar-refractivity contribution in [1.82, 2.24) is 4.57 Å². The van der Waals surface area contributed by atoms with Crippen LogP contribution in [-0.4, -0.2) is 4.57 Å². The van der Waals surface area contributed by atoms with Crippen molar-refractivity contribution in [3.8, 4) is 22.9 Å². The minimum absolute atomic E-state index is 0.493. The molecule has 0 saturated heterocycles. The predicted octanol–water partition coefficient (Wildman–Crippen LogP) is 9.24. The number of hydrogen-bond acceptors (Lipinski definition) is 2. The molecule has 0 amide bonds. The maximum Gasteiger partial charge on any atom is 0.196 e. The average Bonchev–Trinajstić information content (AvgIpc) is 3.47. The molecule has 2 heterocycles. The highest BCUT2D eigenvalue weighted by molar-refractivity contribution is 7.25. The lowest BCUT2D eigenvalue weighted by Gasteiger charge is -2.10. The molecule has 0 saturated carbocycles. The highest BCUT2D eigenvalue weighted by Crippen LogP contribution is 2.40. The standard InChI is InChI=1S/C32H17N3S/c1-34-27-10-6-7-21(19-33)32(27)20-13-16-29-26(17-20)23-8-2-4-11-28(23)35(29)22-14-15-25-24-9-3-5-12-30(24)36-31(25)18-22/h2-18H. The lowest BCUT2D eigenvalue weighted by Crippen LogP contribution is -1.93. The van der Waals surface area contributed by atoms with E-state index in [1.165, 1.54) is 20.2 Å². The summed E-state index contributed by atoms with van der Waals surface area (Å²) in [5, 5.41) is 14.5. The van der Waals surface area contributed by atoms with Crippen molar-refractivity contribution < 1.29 is 0 Å². The number of hydrogen-bond donors (Lipinski definition) is 0. The number of thiophene rings is 1. The molecule has 3 nitrogen and oxygen atoms in total. The van der Waals surface area contributed by atoms with Gasteiger partial charge >= 0.3 is 0 Å². The lowest BCUT2D eigenvalue weighted by atomic mass is 9.97. The normalized spacial score (nSPS) is 11.3. The van der Waals surface area contributed by atoms with E-state index in [0.717, 1.165) is 33.1 Å². The van der Waals surface area contributed by atoms with Gasteiger partial charge in [-0.3, -0.25) is 0 Å². The van der Waals surface area contributed by atoms with E-state index in [-0.39, 0.29) is 0 Å². The number of fused-ring (bicyclic) bond motifs is 6. The quantitative estimate of drug-likeness (QED) is 0.229. The molecule has 0 aliphatic carbocycles. The Balaban J connectivity index is 1.51. The van der Waals surface area contributed by atoms with E-state index in [9.17, 15) is 5.26 Å². The van der Waals surface area contributed by atoms with Gasteiger partial charge in [-0.15, -0.1) is 11.3 Å². The lowest BCUT2D eigenvalue weighted by molar-refractivity contribution is 1.19. The van der Waals surface area contributed by atoms with Crippen LogP contribution in [0.15, 0.2) is 103 Å². The minimum Gasteiger partial charge on any atom is -0.309 e. The van der Waals surface area contributed by atoms with Crippen molar-refractivity contribution >= 4 is 59.0 Å². The Hall–Kier alpha value is -4.90. The number of rotatable bonds is 2. The maximum absolute atomic E-state index is 9.72. The van der Waals surface area contributed by atoms with E-state index in [1.807, 2.05) is 17.4 Å². The average molecular weight is 476 g/mol. The zero-order chi connectivity index (χ0) is 24.2. The van der Waals surface area contributed by atoms with Gasteiger partial charge in [0.15, 0.2) is 5.69 Å². The summed E-state index contributed by atoms with van der Waals surface area (Å²) >= 11 is 1.82. The van der Waals surface area contributed by atoms with E-state index in [4.69, 9.17) is 6.57 Å². The van der Waals surface area contributed by atoms with Crippen LogP contribution in [-0.2, 0) is 0 Å². The van der Waals surface area contributed by atoms with Crippen molar-refractivity contribution in [2.24, 2.45) is 0 Å². The second kappa shape index (κ2) is 7.82. The zero-order valence-electron chi connectivity index (χ0n) is 19.1. The topological polar surface area (TPSA) is 33.1 Å². The molecular weight excluding hydrogens is 458 g/mol. The third-order valence-electron chi connectivity index (χ3n) is 6.87. The summed E-state index contributed by atoms with van der Waals surface area (Å²) in [6.07, 6.45) is 0. The fourth-order valence-corrected chi connectivity index (χ4v) is 6.43. The predicted molar refractivity (Wildman–Crippen MR) is 150 cm³/mol. The van der Waals surface area contributed by atoms with Gasteiger partial charge in [0.25, 0.3) is 0 Å². The van der Waals surface area contributed by atoms with Crippen LogP contribution >= 0.6 is 11.3 Å². The first kappa shape index (κ1) is 20.5. The molecule has 36 heavy (non-hydrogen) atoms. The van der Waals surface area contributed by atoms with Crippen LogP contribution in [0.5, 0.6) is 0 Å². The van der Waals surface area contributed by atoms with E-state index >= 15 is 0 Å². The molecule has 0 unspecified atom stereocenters. The number of nitriles is 1. The molecule has 7 aromatic rings. The van der Waals surface area contributed by atoms with Gasteiger partial charge in [0.1, 0.15) is 0 Å². The third-order valence-corrected chi connectivity index (χ3v) is 8.00. The number of benzene rings is 5. The first-order chi connectivity index (χ1) is 17.8. The second-order valence-electron chi connectivity index (χ2n) is 8.79. The third kappa shape index (κ3) is 2.89. The molecule has 0 fully saturated rings. The summed E-state index contributed by atoms with van der Waals surface area (Å²) in [6, 6.07) is 37.5. The molecule has 166 valence electrons. The molecule has 7 rings (SSSR count). The molecule has 0 N–H and O–H groups in total. The molecule has 0 aliphatic rings. The Morgan fingerprint density at radius 1 is 0.694 bits per heavy atom. The molecule has 0 radical (unpaired) electrons. The minimum atomic E-state index is 0.493. The Morgan fingerprint density at radius 3 is 2.33 bits per heavy atom. The van der Waals surface area contributed by atoms with E-state index in [2.05, 4.69) is 94.3 Å².